The Labute approximate surface area is 83.3 Å². The van der Waals surface area contributed by atoms with Gasteiger partial charge < -0.3 is 4.79 Å². The molecule has 0 aromatic rings. The Kier molecular flexibility index (Phi) is 3.98. The van der Waals surface area contributed by atoms with Gasteiger partial charge in [-0.2, -0.15) is 0 Å². The largest absolute Gasteiger partial charge is 0.303 e. The summed E-state index contributed by atoms with van der Waals surface area (Å²) in [7, 11) is 0. The lowest BCUT2D eigenvalue weighted by molar-refractivity contribution is -0.110. The van der Waals surface area contributed by atoms with Crippen LogP contribution in [0.5, 0.6) is 0 Å². The van der Waals surface area contributed by atoms with E-state index in [1.807, 2.05) is 0 Å². The summed E-state index contributed by atoms with van der Waals surface area (Å²) in [6.45, 7) is 1.41. The fourth-order valence-corrected chi connectivity index (χ4v) is 2.00. The van der Waals surface area contributed by atoms with Crippen LogP contribution in [0.3, 0.4) is 0 Å². The number of nitrogens with zero attached hydrogens (tertiary/aromatic N) is 1. The molecule has 1 atom stereocenters. The van der Waals surface area contributed by atoms with E-state index in [2.05, 4.69) is 0 Å². The molecule has 0 saturated carbocycles. The average Bonchev–Trinajstić information content (AvgIpc) is 2.06. The average molecular weight is 205 g/mol. The number of alkyl halides is 2. The molecule has 0 bridgehead atoms. The number of hydrogen-bond acceptors (Lipinski definition) is 2. The van der Waals surface area contributed by atoms with Crippen molar-refractivity contribution < 1.29 is 13.6 Å². The van der Waals surface area contributed by atoms with Crippen molar-refractivity contribution in [3.8, 4) is 0 Å². The zero-order valence-corrected chi connectivity index (χ0v) is 8.51. The number of aldehydes is 1. The van der Waals surface area contributed by atoms with Crippen LogP contribution in [0.4, 0.5) is 8.78 Å². The van der Waals surface area contributed by atoms with E-state index in [1.54, 1.807) is 4.90 Å². The van der Waals surface area contributed by atoms with Crippen LogP contribution in [0, 0.1) is 0 Å². The van der Waals surface area contributed by atoms with Crippen molar-refractivity contribution in [2.24, 2.45) is 0 Å². The number of hydrogen-bond donors (Lipinski definition) is 0. The van der Waals surface area contributed by atoms with Crippen LogP contribution >= 0.6 is 0 Å². The predicted molar refractivity (Wildman–Crippen MR) is 50.5 cm³/mol. The molecule has 0 amide bonds. The third-order valence-corrected chi connectivity index (χ3v) is 2.60. The van der Waals surface area contributed by atoms with Gasteiger partial charge in [0, 0.05) is 19.4 Å². The highest BCUT2D eigenvalue weighted by molar-refractivity contribution is 5.50. The molecule has 14 heavy (non-hydrogen) atoms. The van der Waals surface area contributed by atoms with Crippen LogP contribution in [-0.2, 0) is 4.79 Å². The molecular weight excluding hydrogens is 188 g/mol. The molecule has 0 aliphatic carbocycles. The Morgan fingerprint density at radius 2 is 2.21 bits per heavy atom. The highest BCUT2D eigenvalue weighted by Crippen LogP contribution is 2.23. The van der Waals surface area contributed by atoms with Crippen molar-refractivity contribution in [3.05, 3.63) is 0 Å². The third-order valence-electron chi connectivity index (χ3n) is 2.60. The first-order chi connectivity index (χ1) is 6.53. The molecule has 1 unspecified atom stereocenters. The lowest BCUT2D eigenvalue weighted by Gasteiger charge is -2.36. The summed E-state index contributed by atoms with van der Waals surface area (Å²) >= 11 is 0. The molecule has 0 aromatic carbocycles. The van der Waals surface area contributed by atoms with Gasteiger partial charge in [0.05, 0.1) is 6.54 Å². The minimum atomic E-state index is -2.65. The van der Waals surface area contributed by atoms with Crippen LogP contribution in [-0.4, -0.2) is 36.2 Å². The Balaban J connectivity index is 2.49. The SMILES string of the molecule is CC(F)(F)CN1CCCCC1CC=O. The van der Waals surface area contributed by atoms with Gasteiger partial charge in [-0.15, -0.1) is 0 Å². The minimum absolute atomic E-state index is 0.0343. The maximum absolute atomic E-state index is 12.8. The van der Waals surface area contributed by atoms with Gasteiger partial charge in [0.25, 0.3) is 5.92 Å². The molecular formula is C10H17F2NO. The van der Waals surface area contributed by atoms with Gasteiger partial charge in [0.2, 0.25) is 0 Å². The zero-order chi connectivity index (χ0) is 10.6. The summed E-state index contributed by atoms with van der Waals surface area (Å²) in [6, 6.07) is 0.0343. The van der Waals surface area contributed by atoms with Gasteiger partial charge in [-0.05, 0) is 19.4 Å². The van der Waals surface area contributed by atoms with Gasteiger partial charge in [-0.25, -0.2) is 8.78 Å². The molecule has 1 heterocycles. The van der Waals surface area contributed by atoms with Gasteiger partial charge >= 0.3 is 0 Å². The summed E-state index contributed by atoms with van der Waals surface area (Å²) in [6.07, 6.45) is 4.09. The first kappa shape index (κ1) is 11.6. The van der Waals surface area contributed by atoms with E-state index in [1.165, 1.54) is 0 Å². The molecule has 1 aliphatic heterocycles. The fraction of sp³-hybridized carbons (Fsp3) is 0.900. The standard InChI is InChI=1S/C10H17F2NO/c1-10(11,12)8-13-6-3-2-4-9(13)5-7-14/h7,9H,2-6,8H2,1H3. The number of piperidine rings is 1. The molecule has 0 N–H and O–H groups in total. The summed E-state index contributed by atoms with van der Waals surface area (Å²) < 4.78 is 25.6. The number of carbonyl (C=O) groups is 1. The van der Waals surface area contributed by atoms with Crippen LogP contribution < -0.4 is 0 Å². The molecule has 0 spiro atoms. The number of likely N-dealkylation sites (tertiary alicyclic amines) is 1. The van der Waals surface area contributed by atoms with E-state index in [0.717, 1.165) is 32.5 Å². The van der Waals surface area contributed by atoms with Crippen LogP contribution in [0.2, 0.25) is 0 Å². The number of carbonyl (C=O) groups excluding carboxylic acids is 1. The second kappa shape index (κ2) is 4.82. The first-order valence-corrected chi connectivity index (χ1v) is 5.08. The molecule has 1 rings (SSSR count). The first-order valence-electron chi connectivity index (χ1n) is 5.08. The molecule has 4 heteroatoms. The highest BCUT2D eigenvalue weighted by atomic mass is 19.3. The van der Waals surface area contributed by atoms with Gasteiger partial charge in [-0.1, -0.05) is 6.42 Å². The second-order valence-corrected chi connectivity index (χ2v) is 4.09. The summed E-state index contributed by atoms with van der Waals surface area (Å²) in [5.74, 6) is -2.65. The molecule has 1 aliphatic rings. The topological polar surface area (TPSA) is 20.3 Å². The second-order valence-electron chi connectivity index (χ2n) is 4.09. The molecule has 2 nitrogen and oxygen atoms in total. The maximum Gasteiger partial charge on any atom is 0.257 e. The van der Waals surface area contributed by atoms with E-state index in [-0.39, 0.29) is 12.6 Å². The highest BCUT2D eigenvalue weighted by Gasteiger charge is 2.30. The van der Waals surface area contributed by atoms with Crippen LogP contribution in [0.25, 0.3) is 0 Å². The van der Waals surface area contributed by atoms with Gasteiger partial charge in [0.15, 0.2) is 0 Å². The monoisotopic (exact) mass is 205 g/mol. The summed E-state index contributed by atoms with van der Waals surface area (Å²) in [5.41, 5.74) is 0. The van der Waals surface area contributed by atoms with Crippen molar-refractivity contribution in [1.29, 1.82) is 0 Å². The third kappa shape index (κ3) is 3.70. The Bertz CT molecular complexity index is 191. The van der Waals surface area contributed by atoms with Crippen molar-refractivity contribution >= 4 is 6.29 Å². The smallest absolute Gasteiger partial charge is 0.257 e. The summed E-state index contributed by atoms with van der Waals surface area (Å²) in [5, 5.41) is 0. The molecule has 1 saturated heterocycles. The van der Waals surface area contributed by atoms with E-state index < -0.39 is 5.92 Å². The predicted octanol–water partition coefficient (Wildman–Crippen LogP) is 2.09. The van der Waals surface area contributed by atoms with Crippen molar-refractivity contribution in [2.45, 2.75) is 44.6 Å². The Morgan fingerprint density at radius 3 is 2.79 bits per heavy atom. The van der Waals surface area contributed by atoms with Crippen LogP contribution in [0.15, 0.2) is 0 Å². The Hall–Kier alpha value is -0.510. The zero-order valence-electron chi connectivity index (χ0n) is 8.51. The van der Waals surface area contributed by atoms with E-state index in [4.69, 9.17) is 0 Å². The molecule has 0 radical (unpaired) electrons. The fourth-order valence-electron chi connectivity index (χ4n) is 2.00. The van der Waals surface area contributed by atoms with Crippen LogP contribution in [0.1, 0.15) is 32.6 Å². The van der Waals surface area contributed by atoms with E-state index in [0.29, 0.717) is 13.0 Å². The maximum atomic E-state index is 12.8. The number of rotatable bonds is 4. The van der Waals surface area contributed by atoms with Crippen molar-refractivity contribution in [1.82, 2.24) is 4.90 Å². The Morgan fingerprint density at radius 1 is 1.50 bits per heavy atom. The minimum Gasteiger partial charge on any atom is -0.303 e. The molecule has 1 fully saturated rings. The van der Waals surface area contributed by atoms with Gasteiger partial charge in [0.1, 0.15) is 6.29 Å². The molecule has 82 valence electrons. The van der Waals surface area contributed by atoms with E-state index in [9.17, 15) is 13.6 Å². The normalized spacial score (nSPS) is 24.9. The number of halogens is 2. The molecule has 0 aromatic heterocycles. The van der Waals surface area contributed by atoms with Crippen molar-refractivity contribution in [2.75, 3.05) is 13.1 Å². The lowest BCUT2D eigenvalue weighted by Crippen LogP contribution is -2.45. The van der Waals surface area contributed by atoms with Crippen molar-refractivity contribution in [3.63, 3.8) is 0 Å². The quantitative estimate of drug-likeness (QED) is 0.655. The van der Waals surface area contributed by atoms with Gasteiger partial charge in [-0.3, -0.25) is 4.90 Å². The summed E-state index contributed by atoms with van der Waals surface area (Å²) in [4.78, 5) is 12.1. The lowest BCUT2D eigenvalue weighted by atomic mass is 9.99. The van der Waals surface area contributed by atoms with E-state index >= 15 is 0 Å².